The van der Waals surface area contributed by atoms with Crippen LogP contribution in [-0.4, -0.2) is 31.7 Å². The van der Waals surface area contributed by atoms with Gasteiger partial charge in [-0.25, -0.2) is 4.98 Å². The molecule has 5 nitrogen and oxygen atoms in total. The molecule has 0 bridgehead atoms. The maximum Gasteiger partial charge on any atom is 0.263 e. The van der Waals surface area contributed by atoms with E-state index in [1.165, 1.54) is 11.3 Å². The number of aromatic nitrogens is 1. The van der Waals surface area contributed by atoms with Gasteiger partial charge in [-0.2, -0.15) is 0 Å². The van der Waals surface area contributed by atoms with Gasteiger partial charge >= 0.3 is 0 Å². The summed E-state index contributed by atoms with van der Waals surface area (Å²) < 4.78 is 10.6. The lowest BCUT2D eigenvalue weighted by Crippen LogP contribution is -2.25. The number of aryl methyl sites for hydroxylation is 1. The molecule has 1 heterocycles. The highest BCUT2D eigenvalue weighted by Gasteiger charge is 2.16. The summed E-state index contributed by atoms with van der Waals surface area (Å²) in [7, 11) is 3.22. The van der Waals surface area contributed by atoms with Crippen molar-refractivity contribution in [2.45, 2.75) is 13.3 Å². The van der Waals surface area contributed by atoms with Crippen molar-refractivity contribution in [3.05, 3.63) is 64.7 Å². The van der Waals surface area contributed by atoms with Crippen molar-refractivity contribution in [1.29, 1.82) is 0 Å². The lowest BCUT2D eigenvalue weighted by atomic mass is 10.1. The Labute approximate surface area is 163 Å². The molecule has 0 saturated carbocycles. The molecule has 0 aliphatic heterocycles. The third kappa shape index (κ3) is 4.46. The molecule has 0 fully saturated rings. The number of carbonyl (C=O) groups is 1. The van der Waals surface area contributed by atoms with Crippen molar-refractivity contribution >= 4 is 17.2 Å². The number of benzene rings is 2. The zero-order valence-corrected chi connectivity index (χ0v) is 16.4. The van der Waals surface area contributed by atoms with E-state index in [1.807, 2.05) is 55.5 Å². The summed E-state index contributed by atoms with van der Waals surface area (Å²) >= 11 is 1.42. The minimum absolute atomic E-state index is 0.0901. The van der Waals surface area contributed by atoms with Crippen LogP contribution in [0.15, 0.2) is 48.5 Å². The van der Waals surface area contributed by atoms with Gasteiger partial charge in [-0.3, -0.25) is 4.79 Å². The summed E-state index contributed by atoms with van der Waals surface area (Å²) in [5, 5.41) is 3.84. The number of rotatable bonds is 7. The number of amides is 1. The van der Waals surface area contributed by atoms with E-state index < -0.39 is 0 Å². The van der Waals surface area contributed by atoms with Gasteiger partial charge in [0, 0.05) is 12.1 Å². The molecule has 0 spiro atoms. The molecule has 1 aromatic heterocycles. The molecule has 0 unspecified atom stereocenters. The summed E-state index contributed by atoms with van der Waals surface area (Å²) in [5.74, 6) is 1.29. The Bertz CT molecular complexity index is 922. The average Bonchev–Trinajstić information content (AvgIpc) is 3.10. The molecule has 3 rings (SSSR count). The Balaban J connectivity index is 1.62. The largest absolute Gasteiger partial charge is 0.493 e. The van der Waals surface area contributed by atoms with Crippen LogP contribution in [0.2, 0.25) is 0 Å². The highest BCUT2D eigenvalue weighted by atomic mass is 32.1. The minimum atomic E-state index is -0.0901. The first-order valence-corrected chi connectivity index (χ1v) is 9.46. The van der Waals surface area contributed by atoms with E-state index in [0.717, 1.165) is 21.8 Å². The van der Waals surface area contributed by atoms with Crippen LogP contribution in [0.4, 0.5) is 0 Å². The third-order valence-corrected chi connectivity index (χ3v) is 5.38. The van der Waals surface area contributed by atoms with Gasteiger partial charge in [-0.1, -0.05) is 36.4 Å². The van der Waals surface area contributed by atoms with Gasteiger partial charge in [0.15, 0.2) is 11.5 Å². The fourth-order valence-electron chi connectivity index (χ4n) is 2.75. The quantitative estimate of drug-likeness (QED) is 0.668. The molecule has 6 heteroatoms. The fourth-order valence-corrected chi connectivity index (χ4v) is 3.74. The van der Waals surface area contributed by atoms with Crippen LogP contribution < -0.4 is 14.8 Å². The van der Waals surface area contributed by atoms with Crippen molar-refractivity contribution in [3.63, 3.8) is 0 Å². The van der Waals surface area contributed by atoms with Crippen LogP contribution in [0.3, 0.4) is 0 Å². The summed E-state index contributed by atoms with van der Waals surface area (Å²) in [6.07, 6.45) is 0.704. The van der Waals surface area contributed by atoms with Crippen LogP contribution in [0.25, 0.3) is 10.6 Å². The maximum atomic E-state index is 12.5. The third-order valence-electron chi connectivity index (χ3n) is 4.17. The molecule has 0 saturated heterocycles. The van der Waals surface area contributed by atoms with Crippen LogP contribution in [0.1, 0.15) is 20.9 Å². The number of ether oxygens (including phenoxy) is 2. The van der Waals surface area contributed by atoms with Crippen molar-refractivity contribution in [2.24, 2.45) is 0 Å². The van der Waals surface area contributed by atoms with E-state index in [-0.39, 0.29) is 5.91 Å². The van der Waals surface area contributed by atoms with Crippen molar-refractivity contribution in [2.75, 3.05) is 20.8 Å². The maximum absolute atomic E-state index is 12.5. The molecule has 140 valence electrons. The second kappa shape index (κ2) is 8.68. The van der Waals surface area contributed by atoms with Gasteiger partial charge in [0.1, 0.15) is 9.88 Å². The van der Waals surface area contributed by atoms with Gasteiger partial charge in [-0.05, 0) is 31.0 Å². The van der Waals surface area contributed by atoms with E-state index in [2.05, 4.69) is 10.3 Å². The normalized spacial score (nSPS) is 10.5. The summed E-state index contributed by atoms with van der Waals surface area (Å²) in [4.78, 5) is 17.7. The first-order valence-electron chi connectivity index (χ1n) is 8.64. The summed E-state index contributed by atoms with van der Waals surface area (Å²) in [5.41, 5.74) is 2.84. The fraction of sp³-hybridized carbons (Fsp3) is 0.238. The molecular formula is C21H22N2O3S. The Morgan fingerprint density at radius 3 is 2.52 bits per heavy atom. The van der Waals surface area contributed by atoms with E-state index in [1.54, 1.807) is 14.2 Å². The van der Waals surface area contributed by atoms with Gasteiger partial charge in [-0.15, -0.1) is 11.3 Å². The molecular weight excluding hydrogens is 360 g/mol. The standard InChI is InChI=1S/C21H22N2O3S/c1-14-19(27-21(23-14)16-7-5-4-6-8-16)20(24)22-12-11-15-9-10-17(25-2)18(13-15)26-3/h4-10,13H,11-12H2,1-3H3,(H,22,24). The number of carbonyl (C=O) groups excluding carboxylic acids is 1. The number of thiazole rings is 1. The van der Waals surface area contributed by atoms with E-state index in [4.69, 9.17) is 9.47 Å². The summed E-state index contributed by atoms with van der Waals surface area (Å²) in [6, 6.07) is 15.7. The second-order valence-corrected chi connectivity index (χ2v) is 6.99. The molecule has 3 aromatic rings. The van der Waals surface area contributed by atoms with Crippen LogP contribution in [-0.2, 0) is 6.42 Å². The Morgan fingerprint density at radius 2 is 1.81 bits per heavy atom. The lowest BCUT2D eigenvalue weighted by Gasteiger charge is -2.10. The van der Waals surface area contributed by atoms with Gasteiger partial charge in [0.2, 0.25) is 0 Å². The lowest BCUT2D eigenvalue weighted by molar-refractivity contribution is 0.0957. The zero-order chi connectivity index (χ0) is 19.2. The number of methoxy groups -OCH3 is 2. The highest BCUT2D eigenvalue weighted by molar-refractivity contribution is 7.17. The van der Waals surface area contributed by atoms with Gasteiger partial charge in [0.25, 0.3) is 5.91 Å². The SMILES string of the molecule is COc1ccc(CCNC(=O)c2sc(-c3ccccc3)nc2C)cc1OC. The monoisotopic (exact) mass is 382 g/mol. The zero-order valence-electron chi connectivity index (χ0n) is 15.6. The van der Waals surface area contributed by atoms with E-state index in [9.17, 15) is 4.79 Å². The minimum Gasteiger partial charge on any atom is -0.493 e. The Hall–Kier alpha value is -2.86. The second-order valence-electron chi connectivity index (χ2n) is 5.99. The van der Waals surface area contributed by atoms with Crippen LogP contribution in [0, 0.1) is 6.92 Å². The van der Waals surface area contributed by atoms with E-state index in [0.29, 0.717) is 29.3 Å². The average molecular weight is 382 g/mol. The van der Waals surface area contributed by atoms with E-state index >= 15 is 0 Å². The number of hydrogen-bond donors (Lipinski definition) is 1. The van der Waals surface area contributed by atoms with Crippen molar-refractivity contribution in [3.8, 4) is 22.1 Å². The number of hydrogen-bond acceptors (Lipinski definition) is 5. The number of nitrogens with one attached hydrogen (secondary N) is 1. The van der Waals surface area contributed by atoms with Gasteiger partial charge in [0.05, 0.1) is 19.9 Å². The molecule has 0 aliphatic carbocycles. The molecule has 0 radical (unpaired) electrons. The molecule has 1 amide bonds. The summed E-state index contributed by atoms with van der Waals surface area (Å²) in [6.45, 7) is 2.40. The first-order chi connectivity index (χ1) is 13.1. The predicted molar refractivity (Wildman–Crippen MR) is 108 cm³/mol. The smallest absolute Gasteiger partial charge is 0.263 e. The molecule has 0 aliphatic rings. The first kappa shape index (κ1) is 18.9. The van der Waals surface area contributed by atoms with Gasteiger partial charge < -0.3 is 14.8 Å². The molecule has 27 heavy (non-hydrogen) atoms. The van der Waals surface area contributed by atoms with Crippen molar-refractivity contribution < 1.29 is 14.3 Å². The highest BCUT2D eigenvalue weighted by Crippen LogP contribution is 2.28. The van der Waals surface area contributed by atoms with Crippen LogP contribution in [0.5, 0.6) is 11.5 Å². The van der Waals surface area contributed by atoms with Crippen LogP contribution >= 0.6 is 11.3 Å². The van der Waals surface area contributed by atoms with Crippen molar-refractivity contribution in [1.82, 2.24) is 10.3 Å². The molecule has 2 aromatic carbocycles. The topological polar surface area (TPSA) is 60.5 Å². The Kier molecular flexibility index (Phi) is 6.08. The predicted octanol–water partition coefficient (Wildman–Crippen LogP) is 4.11. The molecule has 0 atom stereocenters. The number of nitrogens with zero attached hydrogens (tertiary/aromatic N) is 1. The Morgan fingerprint density at radius 1 is 1.07 bits per heavy atom. The molecule has 1 N–H and O–H groups in total.